The van der Waals surface area contributed by atoms with E-state index in [2.05, 4.69) is 29.0 Å². The topological polar surface area (TPSA) is 65.5 Å². The fourth-order valence-corrected chi connectivity index (χ4v) is 1.98. The molecule has 6 heteroatoms. The minimum atomic E-state index is -1.00. The van der Waals surface area contributed by atoms with Gasteiger partial charge in [-0.25, -0.2) is 9.78 Å². The molecule has 0 saturated carbocycles. The second-order valence-electron chi connectivity index (χ2n) is 4.18. The third-order valence-electron chi connectivity index (χ3n) is 2.89. The smallest absolute Gasteiger partial charge is 0.335 e. The number of pyridine rings is 1. The van der Waals surface area contributed by atoms with Crippen molar-refractivity contribution in [2.75, 3.05) is 31.5 Å². The quantitative estimate of drug-likeness (QED) is 0.568. The molecule has 106 valence electrons. The molecule has 0 radical (unpaired) electrons. The number of hydrogen-bond acceptors (Lipinski definition) is 4. The first-order chi connectivity index (χ1) is 9.06. The molecule has 0 saturated heterocycles. The average molecular weight is 286 g/mol. The Morgan fingerprint density at radius 1 is 1.42 bits per heavy atom. The molecule has 0 fully saturated rings. The van der Waals surface area contributed by atoms with Crippen LogP contribution >= 0.6 is 11.6 Å². The molecule has 0 spiro atoms. The Morgan fingerprint density at radius 3 is 2.68 bits per heavy atom. The van der Waals surface area contributed by atoms with Crippen molar-refractivity contribution < 1.29 is 9.90 Å². The van der Waals surface area contributed by atoms with Crippen LogP contribution in [0.1, 0.15) is 30.6 Å². The number of aromatic carboxylic acids is 1. The van der Waals surface area contributed by atoms with Crippen molar-refractivity contribution in [1.29, 1.82) is 0 Å². The number of carbonyl (C=O) groups is 1. The van der Waals surface area contributed by atoms with E-state index in [1.54, 1.807) is 0 Å². The van der Waals surface area contributed by atoms with E-state index in [1.165, 1.54) is 12.1 Å². The fraction of sp³-hybridized carbons (Fsp3) is 0.538. The van der Waals surface area contributed by atoms with Crippen LogP contribution in [0.15, 0.2) is 12.1 Å². The second kappa shape index (κ2) is 7.96. The van der Waals surface area contributed by atoms with E-state index in [1.807, 2.05) is 0 Å². The summed E-state index contributed by atoms with van der Waals surface area (Å²) in [6.07, 6.45) is 0.971. The van der Waals surface area contributed by atoms with Gasteiger partial charge in [0.1, 0.15) is 11.0 Å². The van der Waals surface area contributed by atoms with Crippen molar-refractivity contribution in [3.05, 3.63) is 22.8 Å². The Kier molecular flexibility index (Phi) is 6.59. The lowest BCUT2D eigenvalue weighted by Gasteiger charge is -2.17. The first-order valence-electron chi connectivity index (χ1n) is 6.44. The maximum atomic E-state index is 10.9. The summed E-state index contributed by atoms with van der Waals surface area (Å²) >= 11 is 5.78. The van der Waals surface area contributed by atoms with E-state index in [0.29, 0.717) is 5.82 Å². The maximum absolute atomic E-state index is 10.9. The molecule has 0 aliphatic rings. The normalized spacial score (nSPS) is 10.7. The van der Waals surface area contributed by atoms with Crippen molar-refractivity contribution in [1.82, 2.24) is 9.88 Å². The summed E-state index contributed by atoms with van der Waals surface area (Å²) in [5.41, 5.74) is 0.145. The van der Waals surface area contributed by atoms with Crippen LogP contribution in [0, 0.1) is 0 Å². The van der Waals surface area contributed by atoms with Crippen LogP contribution < -0.4 is 5.32 Å². The number of hydrogen-bond donors (Lipinski definition) is 2. The van der Waals surface area contributed by atoms with Gasteiger partial charge in [-0.1, -0.05) is 25.4 Å². The van der Waals surface area contributed by atoms with Crippen LogP contribution in [-0.2, 0) is 0 Å². The average Bonchev–Trinajstić information content (AvgIpc) is 2.38. The van der Waals surface area contributed by atoms with Gasteiger partial charge in [0.15, 0.2) is 0 Å². The first kappa shape index (κ1) is 15.7. The number of rotatable bonds is 8. The zero-order chi connectivity index (χ0) is 14.3. The SMILES string of the molecule is CCN(CC)CCCNc1cc(C(=O)O)cc(Cl)n1. The third-order valence-corrected chi connectivity index (χ3v) is 3.09. The fourth-order valence-electron chi connectivity index (χ4n) is 1.77. The zero-order valence-electron chi connectivity index (χ0n) is 11.3. The van der Waals surface area contributed by atoms with E-state index < -0.39 is 5.97 Å². The molecule has 0 aliphatic carbocycles. The third kappa shape index (κ3) is 5.44. The molecule has 0 amide bonds. The molecule has 0 aliphatic heterocycles. The number of aromatic nitrogens is 1. The van der Waals surface area contributed by atoms with E-state index in [4.69, 9.17) is 16.7 Å². The van der Waals surface area contributed by atoms with E-state index in [9.17, 15) is 4.79 Å². The number of halogens is 1. The molecule has 5 nitrogen and oxygen atoms in total. The maximum Gasteiger partial charge on any atom is 0.335 e. The van der Waals surface area contributed by atoms with E-state index in [0.717, 1.165) is 32.6 Å². The highest BCUT2D eigenvalue weighted by atomic mass is 35.5. The summed E-state index contributed by atoms with van der Waals surface area (Å²) in [5, 5.41) is 12.2. The lowest BCUT2D eigenvalue weighted by molar-refractivity contribution is 0.0697. The van der Waals surface area contributed by atoms with Gasteiger partial charge in [-0.05, 0) is 38.2 Å². The van der Waals surface area contributed by atoms with Gasteiger partial charge in [0, 0.05) is 6.54 Å². The van der Waals surface area contributed by atoms with Gasteiger partial charge in [-0.3, -0.25) is 0 Å². The standard InChI is InChI=1S/C13H20ClN3O2/c1-3-17(4-2)7-5-6-15-12-9-10(13(18)19)8-11(14)16-12/h8-9H,3-7H2,1-2H3,(H,15,16)(H,18,19). The van der Waals surface area contributed by atoms with Crippen LogP contribution in [0.4, 0.5) is 5.82 Å². The summed E-state index contributed by atoms with van der Waals surface area (Å²) in [4.78, 5) is 17.3. The molecular formula is C13H20ClN3O2. The minimum absolute atomic E-state index is 0.145. The summed E-state index contributed by atoms with van der Waals surface area (Å²) in [7, 11) is 0. The summed E-state index contributed by atoms with van der Waals surface area (Å²) in [5.74, 6) is -0.500. The Labute approximate surface area is 118 Å². The van der Waals surface area contributed by atoms with Crippen LogP contribution in [0.2, 0.25) is 5.15 Å². The van der Waals surface area contributed by atoms with Crippen molar-refractivity contribution in [3.8, 4) is 0 Å². The van der Waals surface area contributed by atoms with Crippen LogP contribution in [0.3, 0.4) is 0 Å². The van der Waals surface area contributed by atoms with Gasteiger partial charge in [-0.2, -0.15) is 0 Å². The van der Waals surface area contributed by atoms with Gasteiger partial charge < -0.3 is 15.3 Å². The molecule has 1 aromatic rings. The molecule has 2 N–H and O–H groups in total. The first-order valence-corrected chi connectivity index (χ1v) is 6.81. The minimum Gasteiger partial charge on any atom is -0.478 e. The highest BCUT2D eigenvalue weighted by molar-refractivity contribution is 6.29. The van der Waals surface area contributed by atoms with Crippen LogP contribution in [-0.4, -0.2) is 47.1 Å². The van der Waals surface area contributed by atoms with Crippen molar-refractivity contribution in [2.45, 2.75) is 20.3 Å². The molecule has 0 atom stereocenters. The second-order valence-corrected chi connectivity index (χ2v) is 4.56. The van der Waals surface area contributed by atoms with Gasteiger partial charge in [0.05, 0.1) is 5.56 Å². The van der Waals surface area contributed by atoms with E-state index >= 15 is 0 Å². The molecule has 1 aromatic heterocycles. The van der Waals surface area contributed by atoms with Crippen molar-refractivity contribution >= 4 is 23.4 Å². The number of carboxylic acid groups (broad SMARTS) is 1. The van der Waals surface area contributed by atoms with Crippen LogP contribution in [0.25, 0.3) is 0 Å². The molecule has 0 aromatic carbocycles. The Balaban J connectivity index is 2.47. The van der Waals surface area contributed by atoms with E-state index in [-0.39, 0.29) is 10.7 Å². The predicted octanol–water partition coefficient (Wildman–Crippen LogP) is 2.58. The highest BCUT2D eigenvalue weighted by Crippen LogP contribution is 2.14. The lowest BCUT2D eigenvalue weighted by atomic mass is 10.2. The Bertz CT molecular complexity index is 422. The largest absolute Gasteiger partial charge is 0.478 e. The zero-order valence-corrected chi connectivity index (χ0v) is 12.1. The summed E-state index contributed by atoms with van der Waals surface area (Å²) in [6.45, 7) is 8.09. The number of anilines is 1. The molecule has 19 heavy (non-hydrogen) atoms. The predicted molar refractivity (Wildman–Crippen MR) is 77.1 cm³/mol. The van der Waals surface area contributed by atoms with Crippen LogP contribution in [0.5, 0.6) is 0 Å². The van der Waals surface area contributed by atoms with Gasteiger partial charge in [0.25, 0.3) is 0 Å². The molecule has 0 unspecified atom stereocenters. The molecule has 1 heterocycles. The monoisotopic (exact) mass is 285 g/mol. The van der Waals surface area contributed by atoms with Gasteiger partial charge >= 0.3 is 5.97 Å². The Morgan fingerprint density at radius 2 is 2.11 bits per heavy atom. The number of nitrogens with one attached hydrogen (secondary N) is 1. The molecule has 1 rings (SSSR count). The number of nitrogens with zero attached hydrogens (tertiary/aromatic N) is 2. The Hall–Kier alpha value is -1.33. The van der Waals surface area contributed by atoms with Gasteiger partial charge in [0.2, 0.25) is 0 Å². The molecular weight excluding hydrogens is 266 g/mol. The highest BCUT2D eigenvalue weighted by Gasteiger charge is 2.07. The summed E-state index contributed by atoms with van der Waals surface area (Å²) in [6, 6.07) is 2.83. The van der Waals surface area contributed by atoms with Gasteiger partial charge in [-0.15, -0.1) is 0 Å². The lowest BCUT2D eigenvalue weighted by Crippen LogP contribution is -2.25. The summed E-state index contributed by atoms with van der Waals surface area (Å²) < 4.78 is 0. The molecule has 0 bridgehead atoms. The van der Waals surface area contributed by atoms with Crippen molar-refractivity contribution in [2.24, 2.45) is 0 Å². The number of carboxylic acids is 1. The van der Waals surface area contributed by atoms with Crippen molar-refractivity contribution in [3.63, 3.8) is 0 Å².